The van der Waals surface area contributed by atoms with Crippen molar-refractivity contribution in [2.45, 2.75) is 20.4 Å². The lowest BCUT2D eigenvalue weighted by Crippen LogP contribution is -2.33. The first-order valence-corrected chi connectivity index (χ1v) is 9.98. The number of ether oxygens (including phenoxy) is 3. The molecule has 0 N–H and O–H groups in total. The van der Waals surface area contributed by atoms with Crippen molar-refractivity contribution in [1.29, 1.82) is 0 Å². The number of rotatable bonds is 7. The van der Waals surface area contributed by atoms with E-state index in [0.29, 0.717) is 38.5 Å². The van der Waals surface area contributed by atoms with Crippen molar-refractivity contribution in [3.63, 3.8) is 0 Å². The molecule has 1 aliphatic rings. The van der Waals surface area contributed by atoms with Gasteiger partial charge in [0.25, 0.3) is 5.91 Å². The Balaban J connectivity index is 1.65. The highest BCUT2D eigenvalue weighted by Crippen LogP contribution is 2.33. The van der Waals surface area contributed by atoms with Crippen LogP contribution in [0.3, 0.4) is 0 Å². The largest absolute Gasteiger partial charge is 0.486 e. The van der Waals surface area contributed by atoms with E-state index < -0.39 is 0 Å². The van der Waals surface area contributed by atoms with Gasteiger partial charge < -0.3 is 28.1 Å². The third-order valence-corrected chi connectivity index (χ3v) is 5.22. The quantitative estimate of drug-likeness (QED) is 0.594. The average molecular weight is 410 g/mol. The van der Waals surface area contributed by atoms with Gasteiger partial charge in [-0.1, -0.05) is 0 Å². The third kappa shape index (κ3) is 3.93. The molecule has 1 amide bonds. The molecule has 0 spiro atoms. The van der Waals surface area contributed by atoms with Crippen molar-refractivity contribution in [2.75, 3.05) is 33.5 Å². The van der Waals surface area contributed by atoms with Crippen LogP contribution in [0.5, 0.6) is 11.5 Å². The standard InChI is InChI=1S/C23H26N2O5/c1-16-13-20(23(26)24(8-10-27-3)15-19-5-4-9-28-19)17(2)25(16)18-6-7-21-22(14-18)30-12-11-29-21/h4-7,9,13-14H,8,10-12,15H2,1-3H3. The maximum atomic E-state index is 13.4. The van der Waals surface area contributed by atoms with E-state index in [9.17, 15) is 4.79 Å². The number of hydrogen-bond donors (Lipinski definition) is 0. The lowest BCUT2D eigenvalue weighted by molar-refractivity contribution is 0.0666. The second kappa shape index (κ2) is 8.67. The summed E-state index contributed by atoms with van der Waals surface area (Å²) in [6.45, 7) is 6.36. The van der Waals surface area contributed by atoms with Crippen LogP contribution in [0.2, 0.25) is 0 Å². The fourth-order valence-corrected chi connectivity index (χ4v) is 3.76. The highest BCUT2D eigenvalue weighted by molar-refractivity contribution is 5.96. The predicted octanol–water partition coefficient (Wildman–Crippen LogP) is 3.75. The molecule has 1 aliphatic heterocycles. The van der Waals surface area contributed by atoms with E-state index in [4.69, 9.17) is 18.6 Å². The second-order valence-electron chi connectivity index (χ2n) is 7.25. The molecule has 3 heterocycles. The Morgan fingerprint density at radius 1 is 1.13 bits per heavy atom. The topological polar surface area (TPSA) is 66.1 Å². The van der Waals surface area contributed by atoms with Gasteiger partial charge in [0.2, 0.25) is 0 Å². The molecule has 7 heteroatoms. The molecule has 0 bridgehead atoms. The molecule has 1 aromatic carbocycles. The molecule has 3 aromatic rings. The Kier molecular flexibility index (Phi) is 5.81. The summed E-state index contributed by atoms with van der Waals surface area (Å²) in [7, 11) is 1.63. The molecule has 0 aliphatic carbocycles. The molecule has 30 heavy (non-hydrogen) atoms. The van der Waals surface area contributed by atoms with E-state index in [1.165, 1.54) is 0 Å². The number of furan rings is 1. The van der Waals surface area contributed by atoms with Crippen molar-refractivity contribution in [2.24, 2.45) is 0 Å². The SMILES string of the molecule is COCCN(Cc1ccco1)C(=O)c1cc(C)n(-c2ccc3c(c2)OCCO3)c1C. The molecule has 0 saturated heterocycles. The lowest BCUT2D eigenvalue weighted by Gasteiger charge is -2.22. The van der Waals surface area contributed by atoms with Crippen LogP contribution in [-0.2, 0) is 11.3 Å². The molecule has 0 atom stereocenters. The molecular formula is C23H26N2O5. The lowest BCUT2D eigenvalue weighted by atomic mass is 10.2. The number of fused-ring (bicyclic) bond motifs is 1. The number of carbonyl (C=O) groups excluding carboxylic acids is 1. The summed E-state index contributed by atoms with van der Waals surface area (Å²) in [6, 6.07) is 11.5. The Bertz CT molecular complexity index is 1020. The number of aryl methyl sites for hydroxylation is 1. The number of hydrogen-bond acceptors (Lipinski definition) is 5. The van der Waals surface area contributed by atoms with Crippen molar-refractivity contribution in [3.05, 3.63) is 65.4 Å². The zero-order valence-electron chi connectivity index (χ0n) is 17.5. The first-order chi connectivity index (χ1) is 14.6. The second-order valence-corrected chi connectivity index (χ2v) is 7.25. The van der Waals surface area contributed by atoms with Gasteiger partial charge in [-0.05, 0) is 44.2 Å². The van der Waals surface area contributed by atoms with Crippen molar-refractivity contribution in [1.82, 2.24) is 9.47 Å². The molecule has 0 fully saturated rings. The van der Waals surface area contributed by atoms with Gasteiger partial charge in [-0.2, -0.15) is 0 Å². The van der Waals surface area contributed by atoms with Gasteiger partial charge in [0.15, 0.2) is 11.5 Å². The molecule has 0 radical (unpaired) electrons. The fraction of sp³-hybridized carbons (Fsp3) is 0.348. The van der Waals surface area contributed by atoms with Crippen LogP contribution in [0.1, 0.15) is 27.5 Å². The molecule has 158 valence electrons. The van der Waals surface area contributed by atoms with Crippen LogP contribution < -0.4 is 9.47 Å². The van der Waals surface area contributed by atoms with Crippen LogP contribution >= 0.6 is 0 Å². The van der Waals surface area contributed by atoms with Crippen molar-refractivity contribution < 1.29 is 23.4 Å². The molecule has 0 saturated carbocycles. The van der Waals surface area contributed by atoms with Gasteiger partial charge in [0.1, 0.15) is 19.0 Å². The van der Waals surface area contributed by atoms with Crippen molar-refractivity contribution in [3.8, 4) is 17.2 Å². The summed E-state index contributed by atoms with van der Waals surface area (Å²) < 4.78 is 24.1. The number of methoxy groups -OCH3 is 1. The summed E-state index contributed by atoms with van der Waals surface area (Å²) in [4.78, 5) is 15.1. The van der Waals surface area contributed by atoms with Crippen LogP contribution in [0.4, 0.5) is 0 Å². The zero-order valence-corrected chi connectivity index (χ0v) is 17.5. The number of benzene rings is 1. The van der Waals surface area contributed by atoms with E-state index in [0.717, 1.165) is 34.3 Å². The number of carbonyl (C=O) groups is 1. The Morgan fingerprint density at radius 2 is 1.93 bits per heavy atom. The van der Waals surface area contributed by atoms with E-state index >= 15 is 0 Å². The smallest absolute Gasteiger partial charge is 0.256 e. The van der Waals surface area contributed by atoms with Crippen LogP contribution in [0.15, 0.2) is 47.1 Å². The zero-order chi connectivity index (χ0) is 21.1. The van der Waals surface area contributed by atoms with Gasteiger partial charge in [0, 0.05) is 36.8 Å². The predicted molar refractivity (Wildman–Crippen MR) is 112 cm³/mol. The Morgan fingerprint density at radius 3 is 2.67 bits per heavy atom. The summed E-state index contributed by atoms with van der Waals surface area (Å²) >= 11 is 0. The molecule has 7 nitrogen and oxygen atoms in total. The van der Waals surface area contributed by atoms with E-state index in [1.54, 1.807) is 18.3 Å². The molecule has 0 unspecified atom stereocenters. The number of aromatic nitrogens is 1. The van der Waals surface area contributed by atoms with Gasteiger partial charge in [0.05, 0.1) is 25.0 Å². The van der Waals surface area contributed by atoms with Gasteiger partial charge in [-0.25, -0.2) is 0 Å². The number of nitrogens with zero attached hydrogens (tertiary/aromatic N) is 2. The molecule has 4 rings (SSSR count). The normalized spacial score (nSPS) is 12.8. The highest BCUT2D eigenvalue weighted by Gasteiger charge is 2.23. The molecule has 2 aromatic heterocycles. The first-order valence-electron chi connectivity index (χ1n) is 9.98. The minimum atomic E-state index is -0.0552. The summed E-state index contributed by atoms with van der Waals surface area (Å²) in [6.07, 6.45) is 1.61. The maximum absolute atomic E-state index is 13.4. The third-order valence-electron chi connectivity index (χ3n) is 5.22. The van der Waals surface area contributed by atoms with E-state index in [-0.39, 0.29) is 5.91 Å². The minimum Gasteiger partial charge on any atom is -0.486 e. The summed E-state index contributed by atoms with van der Waals surface area (Å²) in [5.41, 5.74) is 3.43. The van der Waals surface area contributed by atoms with Gasteiger partial charge >= 0.3 is 0 Å². The van der Waals surface area contributed by atoms with E-state index in [2.05, 4.69) is 4.57 Å². The highest BCUT2D eigenvalue weighted by atomic mass is 16.6. The van der Waals surface area contributed by atoms with Gasteiger partial charge in [-0.3, -0.25) is 4.79 Å². The monoisotopic (exact) mass is 410 g/mol. The van der Waals surface area contributed by atoms with Crippen LogP contribution in [-0.4, -0.2) is 48.8 Å². The average Bonchev–Trinajstić information content (AvgIpc) is 3.37. The Hall–Kier alpha value is -3.19. The minimum absolute atomic E-state index is 0.0552. The summed E-state index contributed by atoms with van der Waals surface area (Å²) in [5, 5.41) is 0. The maximum Gasteiger partial charge on any atom is 0.256 e. The first kappa shape index (κ1) is 20.1. The summed E-state index contributed by atoms with van der Waals surface area (Å²) in [5.74, 6) is 2.15. The van der Waals surface area contributed by atoms with Crippen LogP contribution in [0, 0.1) is 13.8 Å². The van der Waals surface area contributed by atoms with E-state index in [1.807, 2.05) is 50.2 Å². The van der Waals surface area contributed by atoms with Crippen LogP contribution in [0.25, 0.3) is 5.69 Å². The fourth-order valence-electron chi connectivity index (χ4n) is 3.76. The number of amides is 1. The van der Waals surface area contributed by atoms with Gasteiger partial charge in [-0.15, -0.1) is 0 Å². The van der Waals surface area contributed by atoms with Crippen molar-refractivity contribution >= 4 is 5.91 Å². The Labute approximate surface area is 175 Å². The molecular weight excluding hydrogens is 384 g/mol.